The van der Waals surface area contributed by atoms with Crippen LogP contribution in [0.15, 0.2) is 48.8 Å². The van der Waals surface area contributed by atoms with Crippen LogP contribution in [-0.2, 0) is 0 Å². The lowest BCUT2D eigenvalue weighted by atomic mass is 10.0. The Morgan fingerprint density at radius 3 is 1.89 bits per heavy atom. The van der Waals surface area contributed by atoms with Gasteiger partial charge >= 0.3 is 0 Å². The minimum Gasteiger partial charge on any atom is -0.384 e. The van der Waals surface area contributed by atoms with Gasteiger partial charge in [-0.05, 0) is 23.3 Å². The summed E-state index contributed by atoms with van der Waals surface area (Å²) in [5.41, 5.74) is 1.81. The third kappa shape index (κ3) is 2.86. The lowest BCUT2D eigenvalue weighted by molar-refractivity contribution is 0.220. The summed E-state index contributed by atoms with van der Waals surface area (Å²) in [4.78, 5) is 3.96. The summed E-state index contributed by atoms with van der Waals surface area (Å²) in [7, 11) is -1.26. The Morgan fingerprint density at radius 1 is 0.889 bits per heavy atom. The van der Waals surface area contributed by atoms with Crippen LogP contribution >= 0.6 is 0 Å². The van der Waals surface area contributed by atoms with Crippen LogP contribution in [0, 0.1) is 0 Å². The zero-order chi connectivity index (χ0) is 13.2. The second kappa shape index (κ2) is 5.04. The van der Waals surface area contributed by atoms with Crippen LogP contribution in [0.5, 0.6) is 0 Å². The molecule has 3 heteroatoms. The van der Waals surface area contributed by atoms with Crippen LogP contribution in [0.1, 0.15) is 17.2 Å². The molecule has 0 radical (unpaired) electrons. The lowest BCUT2D eigenvalue weighted by Crippen LogP contribution is -2.37. The van der Waals surface area contributed by atoms with Crippen molar-refractivity contribution in [1.29, 1.82) is 0 Å². The molecule has 0 saturated carbocycles. The van der Waals surface area contributed by atoms with E-state index < -0.39 is 14.2 Å². The normalized spacial score (nSPS) is 13.3. The van der Waals surface area contributed by atoms with Crippen molar-refractivity contribution in [2.24, 2.45) is 0 Å². The third-order valence-corrected chi connectivity index (χ3v) is 5.18. The van der Waals surface area contributed by atoms with Crippen molar-refractivity contribution < 1.29 is 5.11 Å². The van der Waals surface area contributed by atoms with Crippen LogP contribution in [0.4, 0.5) is 0 Å². The first-order chi connectivity index (χ1) is 8.48. The average molecular weight is 257 g/mol. The fraction of sp³-hybridized carbons (Fsp3) is 0.267. The van der Waals surface area contributed by atoms with Crippen molar-refractivity contribution in [2.75, 3.05) is 0 Å². The summed E-state index contributed by atoms with van der Waals surface area (Å²) in [6, 6.07) is 12.0. The molecule has 0 bridgehead atoms. The second-order valence-electron chi connectivity index (χ2n) is 5.56. The average Bonchev–Trinajstić information content (AvgIpc) is 2.38. The van der Waals surface area contributed by atoms with E-state index in [2.05, 4.69) is 36.8 Å². The highest BCUT2D eigenvalue weighted by Crippen LogP contribution is 2.20. The van der Waals surface area contributed by atoms with Crippen LogP contribution < -0.4 is 5.19 Å². The SMILES string of the molecule is C[Si](C)(C)c1ccc(C(O)c2ccncc2)cc1. The quantitative estimate of drug-likeness (QED) is 0.858. The molecule has 0 saturated heterocycles. The molecule has 0 aliphatic heterocycles. The summed E-state index contributed by atoms with van der Waals surface area (Å²) >= 11 is 0. The molecule has 0 aliphatic rings. The number of pyridine rings is 1. The van der Waals surface area contributed by atoms with Gasteiger partial charge in [0.25, 0.3) is 0 Å². The number of aliphatic hydroxyl groups excluding tert-OH is 1. The standard InChI is InChI=1S/C15H19NOSi/c1-18(2,3)14-6-4-12(5-7-14)15(17)13-8-10-16-11-9-13/h4-11,15,17H,1-3H3. The molecule has 1 aromatic carbocycles. The van der Waals surface area contributed by atoms with Crippen molar-refractivity contribution in [1.82, 2.24) is 4.98 Å². The molecule has 0 spiro atoms. The molecule has 0 aliphatic carbocycles. The second-order valence-corrected chi connectivity index (χ2v) is 10.6. The molecule has 94 valence electrons. The summed E-state index contributed by atoms with van der Waals surface area (Å²) in [6.07, 6.45) is 2.84. The molecule has 2 nitrogen and oxygen atoms in total. The zero-order valence-corrected chi connectivity index (χ0v) is 12.1. The van der Waals surface area contributed by atoms with Crippen molar-refractivity contribution >= 4 is 13.3 Å². The number of aromatic nitrogens is 1. The van der Waals surface area contributed by atoms with Gasteiger partial charge in [-0.1, -0.05) is 49.1 Å². The van der Waals surface area contributed by atoms with Crippen LogP contribution in [0.3, 0.4) is 0 Å². The van der Waals surface area contributed by atoms with E-state index in [0.29, 0.717) is 0 Å². The first kappa shape index (κ1) is 13.0. The number of aliphatic hydroxyl groups is 1. The first-order valence-corrected chi connectivity index (χ1v) is 9.67. The van der Waals surface area contributed by atoms with E-state index in [9.17, 15) is 5.11 Å². The van der Waals surface area contributed by atoms with Crippen LogP contribution in [-0.4, -0.2) is 18.2 Å². The van der Waals surface area contributed by atoms with Crippen molar-refractivity contribution in [3.8, 4) is 0 Å². The van der Waals surface area contributed by atoms with E-state index in [4.69, 9.17) is 0 Å². The van der Waals surface area contributed by atoms with Gasteiger partial charge in [0.2, 0.25) is 0 Å². The lowest BCUT2D eigenvalue weighted by Gasteiger charge is -2.18. The van der Waals surface area contributed by atoms with Gasteiger partial charge in [0, 0.05) is 12.4 Å². The predicted octanol–water partition coefficient (Wildman–Crippen LogP) is 2.71. The van der Waals surface area contributed by atoms with Crippen molar-refractivity contribution in [3.63, 3.8) is 0 Å². The Bertz CT molecular complexity index is 502. The Labute approximate surface area is 109 Å². The Hall–Kier alpha value is -1.45. The Balaban J connectivity index is 2.25. The van der Waals surface area contributed by atoms with Gasteiger partial charge in [0.15, 0.2) is 0 Å². The van der Waals surface area contributed by atoms with Crippen LogP contribution in [0.25, 0.3) is 0 Å². The number of hydrogen-bond donors (Lipinski definition) is 1. The largest absolute Gasteiger partial charge is 0.384 e. The molecule has 1 aromatic heterocycles. The number of nitrogens with zero attached hydrogens (tertiary/aromatic N) is 1. The fourth-order valence-electron chi connectivity index (χ4n) is 1.90. The molecular formula is C15H19NOSi. The summed E-state index contributed by atoms with van der Waals surface area (Å²) in [5, 5.41) is 11.7. The molecule has 1 N–H and O–H groups in total. The Kier molecular flexibility index (Phi) is 3.64. The number of rotatable bonds is 3. The monoisotopic (exact) mass is 257 g/mol. The topological polar surface area (TPSA) is 33.1 Å². The van der Waals surface area contributed by atoms with E-state index in [-0.39, 0.29) is 0 Å². The van der Waals surface area contributed by atoms with Gasteiger partial charge in [-0.25, -0.2) is 0 Å². The summed E-state index contributed by atoms with van der Waals surface area (Å²) in [6.45, 7) is 6.96. The third-order valence-electron chi connectivity index (χ3n) is 3.11. The highest BCUT2D eigenvalue weighted by atomic mass is 28.3. The van der Waals surface area contributed by atoms with Gasteiger partial charge in [-0.15, -0.1) is 0 Å². The molecule has 18 heavy (non-hydrogen) atoms. The maximum Gasteiger partial charge on any atom is 0.104 e. The smallest absolute Gasteiger partial charge is 0.104 e. The number of benzene rings is 1. The minimum atomic E-state index is -1.26. The molecule has 1 unspecified atom stereocenters. The van der Waals surface area contributed by atoms with Gasteiger partial charge in [0.05, 0.1) is 8.07 Å². The fourth-order valence-corrected chi connectivity index (χ4v) is 3.07. The molecule has 2 rings (SSSR count). The molecule has 1 heterocycles. The first-order valence-electron chi connectivity index (χ1n) is 6.17. The van der Waals surface area contributed by atoms with Crippen molar-refractivity contribution in [2.45, 2.75) is 25.7 Å². The predicted molar refractivity (Wildman–Crippen MR) is 77.7 cm³/mol. The van der Waals surface area contributed by atoms with E-state index in [0.717, 1.165) is 11.1 Å². The maximum atomic E-state index is 10.3. The highest BCUT2D eigenvalue weighted by molar-refractivity contribution is 6.88. The van der Waals surface area contributed by atoms with Gasteiger partial charge in [-0.3, -0.25) is 4.98 Å². The maximum absolute atomic E-state index is 10.3. The molecule has 0 amide bonds. The molecular weight excluding hydrogens is 238 g/mol. The van der Waals surface area contributed by atoms with Crippen molar-refractivity contribution in [3.05, 3.63) is 59.9 Å². The van der Waals surface area contributed by atoms with Crippen LogP contribution in [0.2, 0.25) is 19.6 Å². The Morgan fingerprint density at radius 2 is 1.39 bits per heavy atom. The van der Waals surface area contributed by atoms with E-state index in [1.54, 1.807) is 12.4 Å². The van der Waals surface area contributed by atoms with Gasteiger partial charge in [0.1, 0.15) is 6.10 Å². The summed E-state index contributed by atoms with van der Waals surface area (Å²) < 4.78 is 0. The number of hydrogen-bond acceptors (Lipinski definition) is 2. The van der Waals surface area contributed by atoms with E-state index in [1.807, 2.05) is 24.3 Å². The van der Waals surface area contributed by atoms with E-state index >= 15 is 0 Å². The zero-order valence-electron chi connectivity index (χ0n) is 11.1. The van der Waals surface area contributed by atoms with E-state index in [1.165, 1.54) is 5.19 Å². The van der Waals surface area contributed by atoms with Gasteiger partial charge in [-0.2, -0.15) is 0 Å². The molecule has 1 atom stereocenters. The van der Waals surface area contributed by atoms with Gasteiger partial charge < -0.3 is 5.11 Å². The summed E-state index contributed by atoms with van der Waals surface area (Å²) in [5.74, 6) is 0. The molecule has 0 fully saturated rings. The highest BCUT2D eigenvalue weighted by Gasteiger charge is 2.17. The minimum absolute atomic E-state index is 0.566. The molecule has 2 aromatic rings.